The summed E-state index contributed by atoms with van der Waals surface area (Å²) in [4.78, 5) is 0. The van der Waals surface area contributed by atoms with Gasteiger partial charge >= 0.3 is 0 Å². The fourth-order valence-electron chi connectivity index (χ4n) is 2.13. The minimum atomic E-state index is 0.674. The van der Waals surface area contributed by atoms with Crippen LogP contribution in [0.15, 0.2) is 23.3 Å². The molecule has 0 aliphatic heterocycles. The van der Waals surface area contributed by atoms with Crippen molar-refractivity contribution < 1.29 is 0 Å². The van der Waals surface area contributed by atoms with Crippen LogP contribution in [-0.4, -0.2) is 0 Å². The van der Waals surface area contributed by atoms with E-state index in [1.807, 2.05) is 0 Å². The third-order valence-corrected chi connectivity index (χ3v) is 3.14. The fraction of sp³-hybridized carbons (Fsp3) is 0.714. The molecule has 1 unspecified atom stereocenters. The first-order valence-electron chi connectivity index (χ1n) is 5.86. The lowest BCUT2D eigenvalue weighted by Gasteiger charge is -2.20. The van der Waals surface area contributed by atoms with Crippen molar-refractivity contribution in [2.45, 2.75) is 41.5 Å². The molecule has 0 saturated heterocycles. The Labute approximate surface area is 89.1 Å². The van der Waals surface area contributed by atoms with Gasteiger partial charge in [-0.2, -0.15) is 0 Å². The predicted octanol–water partition coefficient (Wildman–Crippen LogP) is 4.44. The molecule has 0 heterocycles. The summed E-state index contributed by atoms with van der Waals surface area (Å²) in [6.07, 6.45) is 4.91. The van der Waals surface area contributed by atoms with Crippen molar-refractivity contribution in [1.29, 1.82) is 0 Å². The predicted molar refractivity (Wildman–Crippen MR) is 64.2 cm³/mol. The molecule has 0 fully saturated rings. The van der Waals surface area contributed by atoms with E-state index in [1.165, 1.54) is 5.57 Å². The summed E-state index contributed by atoms with van der Waals surface area (Å²) in [6, 6.07) is 0. The van der Waals surface area contributed by atoms with Gasteiger partial charge in [0.1, 0.15) is 0 Å². The van der Waals surface area contributed by atoms with Crippen LogP contribution in [0.2, 0.25) is 0 Å². The van der Waals surface area contributed by atoms with Crippen LogP contribution in [0.4, 0.5) is 0 Å². The summed E-state index contributed by atoms with van der Waals surface area (Å²) in [5, 5.41) is 0. The molecule has 0 aromatic heterocycles. The normalized spacial score (nSPS) is 22.2. The van der Waals surface area contributed by atoms with Gasteiger partial charge in [0.15, 0.2) is 0 Å². The van der Waals surface area contributed by atoms with Crippen LogP contribution < -0.4 is 0 Å². The molecule has 0 radical (unpaired) electrons. The second kappa shape index (κ2) is 4.33. The van der Waals surface area contributed by atoms with Crippen molar-refractivity contribution in [2.75, 3.05) is 0 Å². The smallest absolute Gasteiger partial charge is 0.00115 e. The Balaban J connectivity index is 2.91. The van der Waals surface area contributed by atoms with Gasteiger partial charge in [-0.1, -0.05) is 59.3 Å². The second-order valence-electron chi connectivity index (χ2n) is 5.39. The Morgan fingerprint density at radius 1 is 0.929 bits per heavy atom. The van der Waals surface area contributed by atoms with Crippen molar-refractivity contribution in [3.05, 3.63) is 23.3 Å². The van der Waals surface area contributed by atoms with Gasteiger partial charge in [-0.15, -0.1) is 0 Å². The van der Waals surface area contributed by atoms with Crippen molar-refractivity contribution in [3.63, 3.8) is 0 Å². The highest BCUT2D eigenvalue weighted by Crippen LogP contribution is 2.36. The minimum Gasteiger partial charge on any atom is -0.0736 e. The molecular weight excluding hydrogens is 168 g/mol. The lowest BCUT2D eigenvalue weighted by Crippen LogP contribution is -2.10. The van der Waals surface area contributed by atoms with Gasteiger partial charge in [-0.05, 0) is 23.3 Å². The summed E-state index contributed by atoms with van der Waals surface area (Å²) >= 11 is 0. The Kier molecular flexibility index (Phi) is 3.58. The number of allylic oxidation sites excluding steroid dienone is 4. The summed E-state index contributed by atoms with van der Waals surface area (Å²) < 4.78 is 0. The van der Waals surface area contributed by atoms with Gasteiger partial charge < -0.3 is 0 Å². The maximum atomic E-state index is 2.48. The molecule has 0 bridgehead atoms. The van der Waals surface area contributed by atoms with Gasteiger partial charge in [0.2, 0.25) is 0 Å². The lowest BCUT2D eigenvalue weighted by molar-refractivity contribution is 0.490. The van der Waals surface area contributed by atoms with Gasteiger partial charge in [0, 0.05) is 5.92 Å². The summed E-state index contributed by atoms with van der Waals surface area (Å²) in [5.74, 6) is 2.79. The maximum absolute atomic E-state index is 2.48. The second-order valence-corrected chi connectivity index (χ2v) is 5.39. The van der Waals surface area contributed by atoms with Gasteiger partial charge in [-0.25, -0.2) is 0 Å². The largest absolute Gasteiger partial charge is 0.0736 e. The van der Waals surface area contributed by atoms with Gasteiger partial charge in [0.25, 0.3) is 0 Å². The molecule has 0 nitrogen and oxygen atoms in total. The molecule has 1 rings (SSSR count). The van der Waals surface area contributed by atoms with Crippen LogP contribution >= 0.6 is 0 Å². The van der Waals surface area contributed by atoms with E-state index in [4.69, 9.17) is 0 Å². The summed E-state index contributed by atoms with van der Waals surface area (Å²) in [7, 11) is 0. The van der Waals surface area contributed by atoms with Crippen molar-refractivity contribution in [1.82, 2.24) is 0 Å². The van der Waals surface area contributed by atoms with Gasteiger partial charge in [-0.3, -0.25) is 0 Å². The molecule has 14 heavy (non-hydrogen) atoms. The molecule has 0 heteroatoms. The molecule has 1 atom stereocenters. The van der Waals surface area contributed by atoms with Crippen LogP contribution in [0.1, 0.15) is 41.5 Å². The van der Waals surface area contributed by atoms with Crippen LogP contribution in [0, 0.1) is 23.7 Å². The zero-order valence-electron chi connectivity index (χ0n) is 10.5. The van der Waals surface area contributed by atoms with E-state index < -0.39 is 0 Å². The molecule has 0 aromatic rings. The minimum absolute atomic E-state index is 0.674. The lowest BCUT2D eigenvalue weighted by atomic mass is 9.85. The zero-order chi connectivity index (χ0) is 10.9. The number of rotatable bonds is 3. The van der Waals surface area contributed by atoms with Crippen LogP contribution in [0.25, 0.3) is 0 Å². The molecule has 0 amide bonds. The van der Waals surface area contributed by atoms with E-state index in [9.17, 15) is 0 Å². The molecule has 0 saturated carbocycles. The highest BCUT2D eigenvalue weighted by atomic mass is 14.3. The van der Waals surface area contributed by atoms with Gasteiger partial charge in [0.05, 0.1) is 0 Å². The number of hydrogen-bond donors (Lipinski definition) is 0. The van der Waals surface area contributed by atoms with Crippen LogP contribution in [0.5, 0.6) is 0 Å². The summed E-state index contributed by atoms with van der Waals surface area (Å²) in [5.41, 5.74) is 3.16. The quantitative estimate of drug-likeness (QED) is 0.620. The van der Waals surface area contributed by atoms with E-state index in [0.717, 1.165) is 5.92 Å². The molecule has 0 aromatic carbocycles. The average molecular weight is 192 g/mol. The highest BCUT2D eigenvalue weighted by Gasteiger charge is 2.24. The van der Waals surface area contributed by atoms with E-state index in [-0.39, 0.29) is 0 Å². The van der Waals surface area contributed by atoms with Crippen molar-refractivity contribution in [3.8, 4) is 0 Å². The van der Waals surface area contributed by atoms with E-state index >= 15 is 0 Å². The Morgan fingerprint density at radius 3 is 1.79 bits per heavy atom. The summed E-state index contributed by atoms with van der Waals surface area (Å²) in [6.45, 7) is 13.8. The van der Waals surface area contributed by atoms with E-state index in [2.05, 4.69) is 53.7 Å². The standard InChI is InChI=1S/C14H24/c1-9(2)12-7-13(10(3)4)14(8-12)11(5)6/h7-11,13H,1-6H3. The molecule has 1 aliphatic rings. The Hall–Kier alpha value is -0.520. The zero-order valence-corrected chi connectivity index (χ0v) is 10.5. The van der Waals surface area contributed by atoms with Crippen LogP contribution in [0.3, 0.4) is 0 Å². The molecule has 0 spiro atoms. The fourth-order valence-corrected chi connectivity index (χ4v) is 2.13. The monoisotopic (exact) mass is 192 g/mol. The van der Waals surface area contributed by atoms with E-state index in [1.54, 1.807) is 5.57 Å². The third kappa shape index (κ3) is 2.29. The molecular formula is C14H24. The maximum Gasteiger partial charge on any atom is 0.00115 e. The Bertz CT molecular complexity index is 251. The molecule has 80 valence electrons. The van der Waals surface area contributed by atoms with Crippen LogP contribution in [-0.2, 0) is 0 Å². The topological polar surface area (TPSA) is 0 Å². The first-order valence-corrected chi connectivity index (χ1v) is 5.86. The first-order chi connectivity index (χ1) is 6.43. The Morgan fingerprint density at radius 2 is 1.50 bits per heavy atom. The average Bonchev–Trinajstić information content (AvgIpc) is 2.47. The third-order valence-electron chi connectivity index (χ3n) is 3.14. The number of hydrogen-bond acceptors (Lipinski definition) is 0. The SMILES string of the molecule is CC(C)C1=CC(C(C)C)C(C(C)C)=C1. The molecule has 1 aliphatic carbocycles. The van der Waals surface area contributed by atoms with Crippen molar-refractivity contribution >= 4 is 0 Å². The molecule has 0 N–H and O–H groups in total. The highest BCUT2D eigenvalue weighted by molar-refractivity contribution is 5.38. The van der Waals surface area contributed by atoms with Crippen molar-refractivity contribution in [2.24, 2.45) is 23.7 Å². The first kappa shape index (κ1) is 11.6. The van der Waals surface area contributed by atoms with E-state index in [0.29, 0.717) is 17.8 Å².